The van der Waals surface area contributed by atoms with E-state index in [9.17, 15) is 19.8 Å². The lowest BCUT2D eigenvalue weighted by Crippen LogP contribution is -2.50. The predicted octanol–water partition coefficient (Wildman–Crippen LogP) is 8.11. The Bertz CT molecular complexity index is 961. The van der Waals surface area contributed by atoms with Crippen molar-refractivity contribution in [2.45, 2.75) is 138 Å². The molecule has 0 aromatic heterocycles. The lowest BCUT2D eigenvalue weighted by molar-refractivity contribution is -0.153. The molecule has 0 aromatic carbocycles. The van der Waals surface area contributed by atoms with Gasteiger partial charge in [-0.2, -0.15) is 0 Å². The quantitative estimate of drug-likeness (QED) is 0.191. The molecular formula is C34H56O5. The number of ether oxygens (including phenoxy) is 1. The van der Waals surface area contributed by atoms with Crippen LogP contribution >= 0.6 is 0 Å². The van der Waals surface area contributed by atoms with Gasteiger partial charge in [-0.1, -0.05) is 84.6 Å². The second-order valence-corrected chi connectivity index (χ2v) is 14.4. The fourth-order valence-electron chi connectivity index (χ4n) is 8.55. The van der Waals surface area contributed by atoms with E-state index in [-0.39, 0.29) is 40.3 Å². The van der Waals surface area contributed by atoms with E-state index in [1.54, 1.807) is 0 Å². The molecule has 2 N–H and O–H groups in total. The Morgan fingerprint density at radius 3 is 2.41 bits per heavy atom. The summed E-state index contributed by atoms with van der Waals surface area (Å²) >= 11 is 0. The van der Waals surface area contributed by atoms with Crippen molar-refractivity contribution in [2.24, 2.45) is 39.9 Å². The van der Waals surface area contributed by atoms with E-state index in [0.717, 1.165) is 56.9 Å². The van der Waals surface area contributed by atoms with Crippen molar-refractivity contribution in [2.75, 3.05) is 0 Å². The van der Waals surface area contributed by atoms with Gasteiger partial charge in [0.25, 0.3) is 0 Å². The molecule has 0 heterocycles. The zero-order valence-electron chi connectivity index (χ0n) is 26.1. The Kier molecular flexibility index (Phi) is 9.89. The van der Waals surface area contributed by atoms with Gasteiger partial charge in [0.2, 0.25) is 0 Å². The summed E-state index contributed by atoms with van der Waals surface area (Å²) in [4.78, 5) is 25.1. The minimum absolute atomic E-state index is 0.0663. The van der Waals surface area contributed by atoms with Crippen molar-refractivity contribution in [1.82, 2.24) is 0 Å². The van der Waals surface area contributed by atoms with Gasteiger partial charge in [0, 0.05) is 12.3 Å². The molecule has 5 heteroatoms. The van der Waals surface area contributed by atoms with E-state index in [1.807, 2.05) is 0 Å². The van der Waals surface area contributed by atoms with E-state index in [0.29, 0.717) is 31.1 Å². The Morgan fingerprint density at radius 2 is 1.85 bits per heavy atom. The van der Waals surface area contributed by atoms with E-state index >= 15 is 0 Å². The Hall–Kier alpha value is -1.62. The van der Waals surface area contributed by atoms with Crippen LogP contribution in [0.25, 0.3) is 0 Å². The summed E-state index contributed by atoms with van der Waals surface area (Å²) in [6.07, 6.45) is 9.03. The molecular weight excluding hydrogens is 488 g/mol. The monoisotopic (exact) mass is 544 g/mol. The number of esters is 1. The van der Waals surface area contributed by atoms with Gasteiger partial charge in [0.1, 0.15) is 6.10 Å². The Balaban J connectivity index is 1.97. The first-order valence-electron chi connectivity index (χ1n) is 15.6. The molecule has 0 aromatic rings. The number of unbranched alkanes of at least 4 members (excludes halogenated alkanes) is 1. The van der Waals surface area contributed by atoms with Crippen molar-refractivity contribution in [1.29, 1.82) is 0 Å². The van der Waals surface area contributed by atoms with Crippen LogP contribution in [0.5, 0.6) is 0 Å². The largest absolute Gasteiger partial charge is 0.481 e. The molecule has 0 spiro atoms. The Labute approximate surface area is 237 Å². The predicted molar refractivity (Wildman–Crippen MR) is 157 cm³/mol. The third kappa shape index (κ3) is 5.90. The van der Waals surface area contributed by atoms with Gasteiger partial charge in [-0.3, -0.25) is 9.59 Å². The summed E-state index contributed by atoms with van der Waals surface area (Å²) in [7, 11) is 0. The van der Waals surface area contributed by atoms with Crippen molar-refractivity contribution in [3.8, 4) is 0 Å². The van der Waals surface area contributed by atoms with Crippen LogP contribution < -0.4 is 0 Å². The first-order valence-corrected chi connectivity index (χ1v) is 15.6. The number of fused-ring (bicyclic) bond motifs is 2. The lowest BCUT2D eigenvalue weighted by atomic mass is 9.50. The lowest BCUT2D eigenvalue weighted by Gasteiger charge is -2.55. The third-order valence-electron chi connectivity index (χ3n) is 11.8. The van der Waals surface area contributed by atoms with Crippen LogP contribution in [0, 0.1) is 39.9 Å². The average Bonchev–Trinajstić information content (AvgIpc) is 3.08. The number of aliphatic carboxylic acids is 1. The van der Waals surface area contributed by atoms with Gasteiger partial charge in [-0.25, -0.2) is 0 Å². The number of carbonyl (C=O) groups is 2. The summed E-state index contributed by atoms with van der Waals surface area (Å²) < 4.78 is 6.07. The molecule has 7 atom stereocenters. The third-order valence-corrected chi connectivity index (χ3v) is 11.8. The average molecular weight is 545 g/mol. The van der Waals surface area contributed by atoms with Gasteiger partial charge < -0.3 is 14.9 Å². The Morgan fingerprint density at radius 1 is 1.18 bits per heavy atom. The van der Waals surface area contributed by atoms with Gasteiger partial charge in [-0.15, -0.1) is 0 Å². The number of carbonyl (C=O) groups excluding carboxylic acids is 1. The maximum absolute atomic E-state index is 12.7. The molecule has 3 aliphatic carbocycles. The van der Waals surface area contributed by atoms with E-state index in [1.165, 1.54) is 18.1 Å². The van der Waals surface area contributed by atoms with Crippen LogP contribution in [0.1, 0.15) is 126 Å². The van der Waals surface area contributed by atoms with Crippen molar-refractivity contribution >= 4 is 11.9 Å². The van der Waals surface area contributed by atoms with Crippen LogP contribution in [0.3, 0.4) is 0 Å². The molecule has 0 bridgehead atoms. The van der Waals surface area contributed by atoms with Crippen LogP contribution in [0.2, 0.25) is 0 Å². The summed E-state index contributed by atoms with van der Waals surface area (Å²) in [6, 6.07) is 0. The van der Waals surface area contributed by atoms with Gasteiger partial charge in [0.05, 0.1) is 12.0 Å². The number of hydrogen-bond acceptors (Lipinski definition) is 4. The van der Waals surface area contributed by atoms with Crippen molar-refractivity contribution in [3.63, 3.8) is 0 Å². The van der Waals surface area contributed by atoms with Crippen LogP contribution in [0.4, 0.5) is 0 Å². The molecule has 39 heavy (non-hydrogen) atoms. The molecule has 1 fully saturated rings. The maximum atomic E-state index is 12.7. The first-order chi connectivity index (χ1) is 18.1. The normalized spacial score (nSPS) is 32.4. The molecule has 0 radical (unpaired) electrons. The summed E-state index contributed by atoms with van der Waals surface area (Å²) in [5.74, 6) is -0.838. The zero-order valence-corrected chi connectivity index (χ0v) is 26.1. The highest BCUT2D eigenvalue weighted by atomic mass is 16.5. The van der Waals surface area contributed by atoms with E-state index in [2.05, 4.69) is 55.0 Å². The SMILES string of the molecule is C=C(CC[C@@H](C(=O)O)[C@H]1C[C@H](OC(C)=O)[C@@]2(C)C3=C(CC[C@]12C)C[C@H](C(C)(C)[C@@H](O)CCCC)CC3)C(C)C. The van der Waals surface area contributed by atoms with Gasteiger partial charge >= 0.3 is 11.9 Å². The van der Waals surface area contributed by atoms with Gasteiger partial charge in [-0.05, 0) is 86.4 Å². The number of carboxylic acid groups (broad SMARTS) is 1. The van der Waals surface area contributed by atoms with Crippen molar-refractivity contribution in [3.05, 3.63) is 23.3 Å². The second-order valence-electron chi connectivity index (χ2n) is 14.4. The van der Waals surface area contributed by atoms with Crippen molar-refractivity contribution < 1.29 is 24.5 Å². The number of carboxylic acids is 1. The van der Waals surface area contributed by atoms with Gasteiger partial charge in [0.15, 0.2) is 0 Å². The van der Waals surface area contributed by atoms with E-state index < -0.39 is 11.9 Å². The van der Waals surface area contributed by atoms with Crippen LogP contribution in [-0.2, 0) is 14.3 Å². The number of aliphatic hydroxyl groups excluding tert-OH is 1. The smallest absolute Gasteiger partial charge is 0.306 e. The molecule has 3 rings (SSSR count). The molecule has 0 saturated heterocycles. The number of allylic oxidation sites excluding steroid dienone is 2. The fraction of sp³-hybridized carbons (Fsp3) is 0.824. The summed E-state index contributed by atoms with van der Waals surface area (Å²) in [6.45, 7) is 21.1. The maximum Gasteiger partial charge on any atom is 0.306 e. The highest BCUT2D eigenvalue weighted by Crippen LogP contribution is 2.69. The fourth-order valence-corrected chi connectivity index (χ4v) is 8.55. The molecule has 222 valence electrons. The van der Waals surface area contributed by atoms with Crippen LogP contribution in [-0.4, -0.2) is 34.4 Å². The van der Waals surface area contributed by atoms with Crippen LogP contribution in [0.15, 0.2) is 23.3 Å². The number of rotatable bonds is 12. The molecule has 5 nitrogen and oxygen atoms in total. The van der Waals surface area contributed by atoms with E-state index in [4.69, 9.17) is 4.74 Å². The summed E-state index contributed by atoms with van der Waals surface area (Å²) in [5.41, 5.74) is 3.18. The second kappa shape index (κ2) is 12.1. The first kappa shape index (κ1) is 31.9. The highest BCUT2D eigenvalue weighted by Gasteiger charge is 2.66. The minimum atomic E-state index is -0.741. The number of aliphatic hydroxyl groups is 1. The number of hydrogen-bond donors (Lipinski definition) is 2. The highest BCUT2D eigenvalue weighted by molar-refractivity contribution is 5.71. The standard InChI is InChI=1S/C34H56O5/c1-10-11-12-29(36)32(6,7)25-14-16-27-24(19-25)17-18-33(8)28(20-30(34(27,33)9)39-23(5)35)26(31(37)38)15-13-22(4)21(2)3/h21,25-26,28-30,36H,4,10-20H2,1-3,5-9H3,(H,37,38)/t25-,26-,28-,29+,30+,33-,34-/m1/s1. The molecule has 1 saturated carbocycles. The zero-order chi connectivity index (χ0) is 29.3. The molecule has 0 unspecified atom stereocenters. The topological polar surface area (TPSA) is 83.8 Å². The minimum Gasteiger partial charge on any atom is -0.481 e. The molecule has 0 amide bonds. The molecule has 3 aliphatic rings. The summed E-state index contributed by atoms with van der Waals surface area (Å²) in [5, 5.41) is 21.5. The molecule has 0 aliphatic heterocycles.